The average molecular weight is 439 g/mol. The molecule has 1 aliphatic heterocycles. The van der Waals surface area contributed by atoms with Crippen LogP contribution in [0.1, 0.15) is 54.1 Å². The number of piperidine rings is 1. The van der Waals surface area contributed by atoms with Crippen molar-refractivity contribution < 1.29 is 14.5 Å². The summed E-state index contributed by atoms with van der Waals surface area (Å²) < 4.78 is 5.27. The first-order chi connectivity index (χ1) is 15.5. The molecule has 1 amide bonds. The number of nitrogens with one attached hydrogen (secondary N) is 2. The first kappa shape index (κ1) is 22.1. The third kappa shape index (κ3) is 5.37. The molecule has 2 fully saturated rings. The fourth-order valence-electron chi connectivity index (χ4n) is 4.20. The van der Waals surface area contributed by atoms with Crippen LogP contribution in [0.25, 0.3) is 0 Å². The molecule has 2 aromatic carbocycles. The molecule has 8 heteroatoms. The minimum absolute atomic E-state index is 0.0379. The van der Waals surface area contributed by atoms with Crippen LogP contribution >= 0.6 is 0 Å². The van der Waals surface area contributed by atoms with Crippen molar-refractivity contribution in [3.63, 3.8) is 0 Å². The number of nitro groups is 1. The average Bonchev–Trinajstić information content (AvgIpc) is 3.64. The van der Waals surface area contributed by atoms with Gasteiger partial charge in [-0.25, -0.2) is 0 Å². The summed E-state index contributed by atoms with van der Waals surface area (Å²) in [5, 5.41) is 17.7. The van der Waals surface area contributed by atoms with Crippen LogP contribution in [0.15, 0.2) is 42.5 Å². The van der Waals surface area contributed by atoms with Gasteiger partial charge in [-0.2, -0.15) is 0 Å². The molecule has 2 N–H and O–H groups in total. The Bertz CT molecular complexity index is 953. The van der Waals surface area contributed by atoms with Crippen LogP contribution in [0.5, 0.6) is 5.75 Å². The molecule has 1 unspecified atom stereocenters. The lowest BCUT2D eigenvalue weighted by Gasteiger charge is -2.35. The van der Waals surface area contributed by atoms with Gasteiger partial charge in [0.25, 0.3) is 11.6 Å². The predicted octanol–water partition coefficient (Wildman–Crippen LogP) is 4.13. The molecule has 32 heavy (non-hydrogen) atoms. The standard InChI is InChI=1S/C24H30N4O4/c1-32-20-10-5-17(6-11-20)23(27-13-3-2-4-14-27)16-25-24(29)18-7-12-21(26-19-8-9-19)22(15-18)28(30)31/h5-7,10-12,15,19,23,26H,2-4,8-9,13-14,16H2,1H3,(H,25,29). The van der Waals surface area contributed by atoms with Gasteiger partial charge in [-0.05, 0) is 68.6 Å². The van der Waals surface area contributed by atoms with E-state index < -0.39 is 4.92 Å². The lowest BCUT2D eigenvalue weighted by Crippen LogP contribution is -2.40. The monoisotopic (exact) mass is 438 g/mol. The zero-order chi connectivity index (χ0) is 22.5. The fourth-order valence-corrected chi connectivity index (χ4v) is 4.20. The van der Waals surface area contributed by atoms with Gasteiger partial charge in [0.2, 0.25) is 0 Å². The molecule has 0 aromatic heterocycles. The smallest absolute Gasteiger partial charge is 0.293 e. The predicted molar refractivity (Wildman–Crippen MR) is 123 cm³/mol. The van der Waals surface area contributed by atoms with E-state index in [2.05, 4.69) is 15.5 Å². The zero-order valence-corrected chi connectivity index (χ0v) is 18.4. The van der Waals surface area contributed by atoms with Crippen LogP contribution < -0.4 is 15.4 Å². The Balaban J connectivity index is 1.48. The molecule has 1 aliphatic carbocycles. The summed E-state index contributed by atoms with van der Waals surface area (Å²) in [5.41, 5.74) is 1.82. The number of hydrogen-bond donors (Lipinski definition) is 2. The van der Waals surface area contributed by atoms with Gasteiger partial charge in [0.1, 0.15) is 11.4 Å². The van der Waals surface area contributed by atoms with Gasteiger partial charge < -0.3 is 15.4 Å². The highest BCUT2D eigenvalue weighted by atomic mass is 16.6. The van der Waals surface area contributed by atoms with Gasteiger partial charge >= 0.3 is 0 Å². The van der Waals surface area contributed by atoms with Crippen molar-refractivity contribution in [3.05, 3.63) is 63.7 Å². The number of anilines is 1. The Morgan fingerprint density at radius 1 is 1.16 bits per heavy atom. The quantitative estimate of drug-likeness (QED) is 0.451. The number of nitrogens with zero attached hydrogens (tertiary/aromatic N) is 2. The van der Waals surface area contributed by atoms with E-state index in [1.165, 1.54) is 12.5 Å². The number of methoxy groups -OCH3 is 1. The number of ether oxygens (including phenoxy) is 1. The fraction of sp³-hybridized carbons (Fsp3) is 0.458. The lowest BCUT2D eigenvalue weighted by atomic mass is 10.0. The van der Waals surface area contributed by atoms with Crippen molar-refractivity contribution in [2.24, 2.45) is 0 Å². The number of carbonyl (C=O) groups is 1. The Morgan fingerprint density at radius 2 is 1.88 bits per heavy atom. The van der Waals surface area contributed by atoms with Gasteiger partial charge in [0, 0.05) is 24.2 Å². The van der Waals surface area contributed by atoms with Gasteiger partial charge in [-0.3, -0.25) is 19.8 Å². The van der Waals surface area contributed by atoms with Crippen molar-refractivity contribution in [3.8, 4) is 5.75 Å². The molecule has 1 heterocycles. The van der Waals surface area contributed by atoms with Crippen LogP contribution in [0.3, 0.4) is 0 Å². The number of hydrogen-bond acceptors (Lipinski definition) is 6. The van der Waals surface area contributed by atoms with E-state index in [0.717, 1.165) is 50.1 Å². The summed E-state index contributed by atoms with van der Waals surface area (Å²) >= 11 is 0. The molecule has 0 bridgehead atoms. The normalized spacial score (nSPS) is 17.4. The molecule has 4 rings (SSSR count). The highest BCUT2D eigenvalue weighted by Crippen LogP contribution is 2.32. The third-order valence-electron chi connectivity index (χ3n) is 6.18. The van der Waals surface area contributed by atoms with Crippen molar-refractivity contribution in [2.75, 3.05) is 32.1 Å². The Morgan fingerprint density at radius 3 is 2.50 bits per heavy atom. The summed E-state index contributed by atoms with van der Waals surface area (Å²) in [7, 11) is 1.64. The van der Waals surface area contributed by atoms with Gasteiger partial charge in [-0.15, -0.1) is 0 Å². The number of likely N-dealkylation sites (tertiary alicyclic amines) is 1. The number of nitro benzene ring substituents is 1. The Kier molecular flexibility index (Phi) is 6.90. The minimum Gasteiger partial charge on any atom is -0.497 e. The molecule has 8 nitrogen and oxygen atoms in total. The second-order valence-corrected chi connectivity index (χ2v) is 8.50. The van der Waals surface area contributed by atoms with E-state index in [4.69, 9.17) is 4.74 Å². The molecule has 1 saturated heterocycles. The minimum atomic E-state index is -0.435. The molecule has 1 atom stereocenters. The summed E-state index contributed by atoms with van der Waals surface area (Å²) in [6.07, 6.45) is 5.54. The van der Waals surface area contributed by atoms with E-state index in [1.807, 2.05) is 24.3 Å². The Labute approximate surface area is 188 Å². The van der Waals surface area contributed by atoms with Crippen LogP contribution in [0.2, 0.25) is 0 Å². The largest absolute Gasteiger partial charge is 0.497 e. The number of benzene rings is 2. The molecule has 1 saturated carbocycles. The van der Waals surface area contributed by atoms with Gasteiger partial charge in [0.05, 0.1) is 18.1 Å². The second-order valence-electron chi connectivity index (χ2n) is 8.50. The molecule has 2 aliphatic rings. The van der Waals surface area contributed by atoms with Crippen LogP contribution in [0, 0.1) is 10.1 Å². The maximum atomic E-state index is 12.9. The molecule has 2 aromatic rings. The molecule has 0 spiro atoms. The number of carbonyl (C=O) groups excluding carboxylic acids is 1. The van der Waals surface area contributed by atoms with E-state index in [9.17, 15) is 14.9 Å². The van der Waals surface area contributed by atoms with Crippen molar-refractivity contribution in [1.82, 2.24) is 10.2 Å². The van der Waals surface area contributed by atoms with Crippen molar-refractivity contribution >= 4 is 17.3 Å². The van der Waals surface area contributed by atoms with Gasteiger partial charge in [-0.1, -0.05) is 18.6 Å². The highest BCUT2D eigenvalue weighted by molar-refractivity contribution is 5.95. The summed E-state index contributed by atoms with van der Waals surface area (Å²) in [5.74, 6) is 0.490. The molecule has 0 radical (unpaired) electrons. The highest BCUT2D eigenvalue weighted by Gasteiger charge is 2.26. The maximum Gasteiger partial charge on any atom is 0.293 e. The van der Waals surface area contributed by atoms with Crippen molar-refractivity contribution in [2.45, 2.75) is 44.2 Å². The van der Waals surface area contributed by atoms with E-state index >= 15 is 0 Å². The molecular formula is C24H30N4O4. The first-order valence-electron chi connectivity index (χ1n) is 11.3. The topological polar surface area (TPSA) is 96.7 Å². The summed E-state index contributed by atoms with van der Waals surface area (Å²) in [4.78, 5) is 26.4. The molecular weight excluding hydrogens is 408 g/mol. The van der Waals surface area contributed by atoms with E-state index in [1.54, 1.807) is 19.2 Å². The van der Waals surface area contributed by atoms with E-state index in [0.29, 0.717) is 23.8 Å². The van der Waals surface area contributed by atoms with Crippen LogP contribution in [0.4, 0.5) is 11.4 Å². The maximum absolute atomic E-state index is 12.9. The number of amides is 1. The Hall–Kier alpha value is -3.13. The molecule has 170 valence electrons. The summed E-state index contributed by atoms with van der Waals surface area (Å²) in [6, 6.07) is 12.9. The number of rotatable bonds is 9. The second kappa shape index (κ2) is 9.99. The lowest BCUT2D eigenvalue weighted by molar-refractivity contribution is -0.384. The SMILES string of the molecule is COc1ccc(C(CNC(=O)c2ccc(NC3CC3)c([N+](=O)[O-])c2)N2CCCCC2)cc1. The summed E-state index contributed by atoms with van der Waals surface area (Å²) in [6.45, 7) is 2.40. The first-order valence-corrected chi connectivity index (χ1v) is 11.3. The van der Waals surface area contributed by atoms with E-state index in [-0.39, 0.29) is 17.6 Å². The van der Waals surface area contributed by atoms with Crippen molar-refractivity contribution in [1.29, 1.82) is 0 Å². The van der Waals surface area contributed by atoms with Crippen LogP contribution in [-0.2, 0) is 0 Å². The van der Waals surface area contributed by atoms with Crippen LogP contribution in [-0.4, -0.2) is 48.5 Å². The zero-order valence-electron chi connectivity index (χ0n) is 18.4. The van der Waals surface area contributed by atoms with Gasteiger partial charge in [0.15, 0.2) is 0 Å². The third-order valence-corrected chi connectivity index (χ3v) is 6.18.